The zero-order valence-corrected chi connectivity index (χ0v) is 15.1. The number of aryl methyl sites for hydroxylation is 1. The van der Waals surface area contributed by atoms with Gasteiger partial charge in [0.1, 0.15) is 5.82 Å². The summed E-state index contributed by atoms with van der Waals surface area (Å²) < 4.78 is 13.4. The number of nitrogens with one attached hydrogen (secondary N) is 2. The summed E-state index contributed by atoms with van der Waals surface area (Å²) in [5.74, 6) is -2.53. The summed E-state index contributed by atoms with van der Waals surface area (Å²) >= 11 is 1.39. The highest BCUT2D eigenvalue weighted by Crippen LogP contribution is 2.23. The Morgan fingerprint density at radius 1 is 1.23 bits per heavy atom. The maximum Gasteiger partial charge on any atom is 0.330 e. The van der Waals surface area contributed by atoms with Gasteiger partial charge < -0.3 is 15.7 Å². The van der Waals surface area contributed by atoms with E-state index in [9.17, 15) is 23.9 Å². The van der Waals surface area contributed by atoms with Crippen LogP contribution >= 0.6 is 11.3 Å². The Morgan fingerprint density at radius 3 is 2.50 bits per heavy atom. The van der Waals surface area contributed by atoms with Gasteiger partial charge in [-0.05, 0) is 35.6 Å². The monoisotopic (exact) mass is 378 g/mol. The fraction of sp³-hybridized carbons (Fsp3) is 0.278. The molecule has 0 spiro atoms. The van der Waals surface area contributed by atoms with E-state index in [4.69, 9.17) is 0 Å². The lowest BCUT2D eigenvalue weighted by Crippen LogP contribution is -2.37. The lowest BCUT2D eigenvalue weighted by molar-refractivity contribution is -0.142. The number of thiophene rings is 1. The molecule has 0 saturated carbocycles. The minimum absolute atomic E-state index is 0.107. The molecule has 1 aromatic carbocycles. The molecule has 26 heavy (non-hydrogen) atoms. The third kappa shape index (κ3) is 5.13. The number of hydrogen-bond donors (Lipinski definition) is 3. The van der Waals surface area contributed by atoms with Crippen LogP contribution in [0.25, 0.3) is 0 Å². The number of aliphatic carboxylic acids is 1. The number of carbonyl (C=O) groups excluding carboxylic acids is 2. The predicted octanol–water partition coefficient (Wildman–Crippen LogP) is 2.71. The van der Waals surface area contributed by atoms with E-state index < -0.39 is 29.8 Å². The van der Waals surface area contributed by atoms with E-state index in [0.29, 0.717) is 0 Å². The Balaban J connectivity index is 2.14. The van der Waals surface area contributed by atoms with E-state index in [1.165, 1.54) is 43.4 Å². The molecule has 3 N–H and O–H groups in total. The molecule has 2 aromatic rings. The Hall–Kier alpha value is -2.74. The molecule has 0 radical (unpaired) electrons. The molecule has 0 saturated heterocycles. The molecule has 138 valence electrons. The molecule has 0 aliphatic rings. The standard InChI is InChI=1S/C18H19FN2O4S/c1-10-8-12(5-6-13(10)19)17(18(24)25)21-16(23)9-14(20-11(2)22)15-4-3-7-26-15/h3-8,14,17H,9H2,1-2H3,(H,20,22)(H,21,23)(H,24,25). The van der Waals surface area contributed by atoms with Gasteiger partial charge in [-0.15, -0.1) is 11.3 Å². The number of hydrogen-bond acceptors (Lipinski definition) is 4. The van der Waals surface area contributed by atoms with Crippen LogP contribution in [0.5, 0.6) is 0 Å². The first-order chi connectivity index (χ1) is 12.3. The van der Waals surface area contributed by atoms with Crippen molar-refractivity contribution in [3.8, 4) is 0 Å². The molecule has 0 aliphatic carbocycles. The van der Waals surface area contributed by atoms with Crippen molar-refractivity contribution in [3.63, 3.8) is 0 Å². The summed E-state index contributed by atoms with van der Waals surface area (Å²) in [5.41, 5.74) is 0.564. The normalized spacial score (nSPS) is 12.9. The molecule has 2 amide bonds. The van der Waals surface area contributed by atoms with Gasteiger partial charge in [-0.3, -0.25) is 9.59 Å². The van der Waals surface area contributed by atoms with Crippen molar-refractivity contribution < 1.29 is 23.9 Å². The van der Waals surface area contributed by atoms with Crippen molar-refractivity contribution in [1.82, 2.24) is 10.6 Å². The Morgan fingerprint density at radius 2 is 1.96 bits per heavy atom. The third-order valence-corrected chi connectivity index (χ3v) is 4.71. The number of benzene rings is 1. The summed E-state index contributed by atoms with van der Waals surface area (Å²) in [6.45, 7) is 2.86. The molecule has 0 aliphatic heterocycles. The quantitative estimate of drug-likeness (QED) is 0.690. The van der Waals surface area contributed by atoms with Gasteiger partial charge in [0.05, 0.1) is 12.5 Å². The maximum atomic E-state index is 13.4. The predicted molar refractivity (Wildman–Crippen MR) is 95.2 cm³/mol. The SMILES string of the molecule is CC(=O)NC(CC(=O)NC(C(=O)O)c1ccc(F)c(C)c1)c1cccs1. The highest BCUT2D eigenvalue weighted by atomic mass is 32.1. The first-order valence-electron chi connectivity index (χ1n) is 7.86. The number of carbonyl (C=O) groups is 3. The lowest BCUT2D eigenvalue weighted by Gasteiger charge is -2.19. The number of rotatable bonds is 7. The zero-order chi connectivity index (χ0) is 19.3. The summed E-state index contributed by atoms with van der Waals surface area (Å²) in [6, 6.07) is 5.62. The third-order valence-electron chi connectivity index (χ3n) is 3.72. The molecular formula is C18H19FN2O4S. The molecule has 1 heterocycles. The molecule has 0 fully saturated rings. The number of carboxylic acid groups (broad SMARTS) is 1. The van der Waals surface area contributed by atoms with Gasteiger partial charge in [-0.2, -0.15) is 0 Å². The van der Waals surface area contributed by atoms with Gasteiger partial charge in [0.25, 0.3) is 0 Å². The van der Waals surface area contributed by atoms with Gasteiger partial charge in [0.15, 0.2) is 6.04 Å². The fourth-order valence-electron chi connectivity index (χ4n) is 2.50. The molecule has 2 atom stereocenters. The summed E-state index contributed by atoms with van der Waals surface area (Å²) in [4.78, 5) is 36.1. The second kappa shape index (κ2) is 8.57. The molecule has 6 nitrogen and oxygen atoms in total. The van der Waals surface area contributed by atoms with E-state index in [2.05, 4.69) is 10.6 Å². The molecule has 8 heteroatoms. The number of halogens is 1. The highest BCUT2D eigenvalue weighted by Gasteiger charge is 2.25. The van der Waals surface area contributed by atoms with Gasteiger partial charge >= 0.3 is 5.97 Å². The Labute approximate surface area is 154 Å². The summed E-state index contributed by atoms with van der Waals surface area (Å²) in [7, 11) is 0. The molecule has 0 bridgehead atoms. The van der Waals surface area contributed by atoms with Gasteiger partial charge in [-0.25, -0.2) is 9.18 Å². The lowest BCUT2D eigenvalue weighted by atomic mass is 10.0. The summed E-state index contributed by atoms with van der Waals surface area (Å²) in [6.07, 6.45) is -0.107. The number of amides is 2. The molecular weight excluding hydrogens is 359 g/mol. The van der Waals surface area contributed by atoms with Crippen LogP contribution in [0.1, 0.15) is 41.4 Å². The van der Waals surface area contributed by atoms with Crippen LogP contribution in [0.2, 0.25) is 0 Å². The minimum atomic E-state index is -1.30. The molecule has 1 aromatic heterocycles. The van der Waals surface area contributed by atoms with Crippen LogP contribution in [0.4, 0.5) is 4.39 Å². The maximum absolute atomic E-state index is 13.4. The van der Waals surface area contributed by atoms with Crippen molar-refractivity contribution in [3.05, 3.63) is 57.5 Å². The second-order valence-electron chi connectivity index (χ2n) is 5.82. The highest BCUT2D eigenvalue weighted by molar-refractivity contribution is 7.10. The van der Waals surface area contributed by atoms with Crippen molar-refractivity contribution in [2.24, 2.45) is 0 Å². The van der Waals surface area contributed by atoms with E-state index in [0.717, 1.165) is 4.88 Å². The molecule has 2 rings (SSSR count). The second-order valence-corrected chi connectivity index (χ2v) is 6.80. The van der Waals surface area contributed by atoms with Crippen molar-refractivity contribution >= 4 is 29.1 Å². The average molecular weight is 378 g/mol. The van der Waals surface area contributed by atoms with E-state index in [-0.39, 0.29) is 23.5 Å². The largest absolute Gasteiger partial charge is 0.479 e. The van der Waals surface area contributed by atoms with Crippen LogP contribution < -0.4 is 10.6 Å². The van der Waals surface area contributed by atoms with Crippen LogP contribution in [-0.4, -0.2) is 22.9 Å². The Bertz CT molecular complexity index is 808. The fourth-order valence-corrected chi connectivity index (χ4v) is 3.28. The van der Waals surface area contributed by atoms with Crippen LogP contribution in [0.3, 0.4) is 0 Å². The minimum Gasteiger partial charge on any atom is -0.479 e. The molecule has 2 unspecified atom stereocenters. The van der Waals surface area contributed by atoms with E-state index in [1.807, 2.05) is 5.38 Å². The van der Waals surface area contributed by atoms with Gasteiger partial charge in [-0.1, -0.05) is 18.2 Å². The van der Waals surface area contributed by atoms with E-state index >= 15 is 0 Å². The topological polar surface area (TPSA) is 95.5 Å². The van der Waals surface area contributed by atoms with E-state index in [1.54, 1.807) is 12.1 Å². The van der Waals surface area contributed by atoms with Gasteiger partial charge in [0, 0.05) is 11.8 Å². The number of carboxylic acids is 1. The Kier molecular flexibility index (Phi) is 6.46. The summed E-state index contributed by atoms with van der Waals surface area (Å²) in [5, 5.41) is 16.4. The van der Waals surface area contributed by atoms with Crippen LogP contribution in [-0.2, 0) is 14.4 Å². The smallest absolute Gasteiger partial charge is 0.330 e. The first-order valence-corrected chi connectivity index (χ1v) is 8.74. The van der Waals surface area contributed by atoms with Gasteiger partial charge in [0.2, 0.25) is 11.8 Å². The zero-order valence-electron chi connectivity index (χ0n) is 14.3. The first kappa shape index (κ1) is 19.6. The van der Waals surface area contributed by atoms with Crippen molar-refractivity contribution in [2.75, 3.05) is 0 Å². The van der Waals surface area contributed by atoms with Crippen LogP contribution in [0, 0.1) is 12.7 Å². The average Bonchev–Trinajstić information content (AvgIpc) is 3.08. The van der Waals surface area contributed by atoms with Crippen LogP contribution in [0.15, 0.2) is 35.7 Å². The van der Waals surface area contributed by atoms with Crippen molar-refractivity contribution in [2.45, 2.75) is 32.4 Å². The van der Waals surface area contributed by atoms with Crippen molar-refractivity contribution in [1.29, 1.82) is 0 Å².